The van der Waals surface area contributed by atoms with Crippen molar-refractivity contribution in [2.24, 2.45) is 0 Å². The Morgan fingerprint density at radius 1 is 1.33 bits per heavy atom. The predicted octanol–water partition coefficient (Wildman–Crippen LogP) is 2.71. The molecule has 1 N–H and O–H groups in total. The SMILES string of the molecule is Cc1ccc(F)c(CNC(C)CN2CCCC2)c1. The Morgan fingerprint density at radius 3 is 2.78 bits per heavy atom. The summed E-state index contributed by atoms with van der Waals surface area (Å²) in [6.07, 6.45) is 2.64. The zero-order chi connectivity index (χ0) is 13.0. The lowest BCUT2D eigenvalue weighted by Gasteiger charge is -2.21. The minimum Gasteiger partial charge on any atom is -0.309 e. The average molecular weight is 250 g/mol. The van der Waals surface area contributed by atoms with Crippen molar-refractivity contribution in [2.45, 2.75) is 39.3 Å². The molecule has 100 valence electrons. The second-order valence-corrected chi connectivity index (χ2v) is 5.38. The lowest BCUT2D eigenvalue weighted by Crippen LogP contribution is -2.37. The van der Waals surface area contributed by atoms with Crippen LogP contribution in [0.25, 0.3) is 0 Å². The molecular formula is C15H23FN2. The van der Waals surface area contributed by atoms with Gasteiger partial charge in [0.2, 0.25) is 0 Å². The van der Waals surface area contributed by atoms with E-state index < -0.39 is 0 Å². The van der Waals surface area contributed by atoms with Gasteiger partial charge < -0.3 is 10.2 Å². The molecule has 1 aromatic rings. The number of halogens is 1. The Labute approximate surface area is 109 Å². The summed E-state index contributed by atoms with van der Waals surface area (Å²) >= 11 is 0. The van der Waals surface area contributed by atoms with E-state index in [0.717, 1.165) is 17.7 Å². The van der Waals surface area contributed by atoms with Gasteiger partial charge in [0.1, 0.15) is 5.82 Å². The Morgan fingerprint density at radius 2 is 2.06 bits per heavy atom. The van der Waals surface area contributed by atoms with E-state index in [-0.39, 0.29) is 5.82 Å². The van der Waals surface area contributed by atoms with Crippen LogP contribution < -0.4 is 5.32 Å². The van der Waals surface area contributed by atoms with Gasteiger partial charge in [0, 0.05) is 24.7 Å². The van der Waals surface area contributed by atoms with E-state index in [9.17, 15) is 4.39 Å². The summed E-state index contributed by atoms with van der Waals surface area (Å²) < 4.78 is 13.6. The molecule has 0 spiro atoms. The van der Waals surface area contributed by atoms with Gasteiger partial charge in [0.25, 0.3) is 0 Å². The Bertz CT molecular complexity index is 386. The van der Waals surface area contributed by atoms with E-state index in [1.807, 2.05) is 19.1 Å². The van der Waals surface area contributed by atoms with Gasteiger partial charge in [0.15, 0.2) is 0 Å². The van der Waals surface area contributed by atoms with Crippen molar-refractivity contribution in [2.75, 3.05) is 19.6 Å². The van der Waals surface area contributed by atoms with Gasteiger partial charge in [-0.2, -0.15) is 0 Å². The number of nitrogens with one attached hydrogen (secondary N) is 1. The van der Waals surface area contributed by atoms with Crippen molar-refractivity contribution >= 4 is 0 Å². The minimum absolute atomic E-state index is 0.110. The third-order valence-electron chi connectivity index (χ3n) is 3.57. The van der Waals surface area contributed by atoms with Gasteiger partial charge >= 0.3 is 0 Å². The topological polar surface area (TPSA) is 15.3 Å². The van der Waals surface area contributed by atoms with Crippen molar-refractivity contribution in [1.29, 1.82) is 0 Å². The first-order valence-electron chi connectivity index (χ1n) is 6.86. The molecule has 1 aliphatic heterocycles. The maximum Gasteiger partial charge on any atom is 0.127 e. The minimum atomic E-state index is -0.110. The van der Waals surface area contributed by atoms with Crippen molar-refractivity contribution in [3.05, 3.63) is 35.1 Å². The molecule has 3 heteroatoms. The summed E-state index contributed by atoms with van der Waals surface area (Å²) in [5.74, 6) is -0.110. The van der Waals surface area contributed by atoms with Crippen molar-refractivity contribution in [3.8, 4) is 0 Å². The fourth-order valence-corrected chi connectivity index (χ4v) is 2.54. The zero-order valence-corrected chi connectivity index (χ0v) is 11.4. The molecule has 0 aromatic heterocycles. The molecule has 1 unspecified atom stereocenters. The van der Waals surface area contributed by atoms with Gasteiger partial charge in [0.05, 0.1) is 0 Å². The van der Waals surface area contributed by atoms with Crippen molar-refractivity contribution in [1.82, 2.24) is 10.2 Å². The fraction of sp³-hybridized carbons (Fsp3) is 0.600. The van der Waals surface area contributed by atoms with Crippen LogP contribution in [0, 0.1) is 12.7 Å². The van der Waals surface area contributed by atoms with E-state index in [1.165, 1.54) is 25.9 Å². The van der Waals surface area contributed by atoms with E-state index in [0.29, 0.717) is 12.6 Å². The molecule has 1 atom stereocenters. The number of hydrogen-bond donors (Lipinski definition) is 1. The van der Waals surface area contributed by atoms with Gasteiger partial charge in [-0.25, -0.2) is 4.39 Å². The van der Waals surface area contributed by atoms with Gasteiger partial charge in [-0.3, -0.25) is 0 Å². The van der Waals surface area contributed by atoms with Crippen LogP contribution in [0.15, 0.2) is 18.2 Å². The summed E-state index contributed by atoms with van der Waals surface area (Å²) in [5, 5.41) is 3.41. The molecule has 0 amide bonds. The molecule has 1 fully saturated rings. The number of aryl methyl sites for hydroxylation is 1. The van der Waals surface area contributed by atoms with Crippen LogP contribution in [0.2, 0.25) is 0 Å². The lowest BCUT2D eigenvalue weighted by atomic mass is 10.1. The molecule has 1 aliphatic rings. The summed E-state index contributed by atoms with van der Waals surface area (Å²) in [4.78, 5) is 2.48. The molecule has 2 nitrogen and oxygen atoms in total. The quantitative estimate of drug-likeness (QED) is 0.864. The van der Waals surface area contributed by atoms with Crippen LogP contribution >= 0.6 is 0 Å². The first-order valence-corrected chi connectivity index (χ1v) is 6.86. The van der Waals surface area contributed by atoms with Gasteiger partial charge in [-0.05, 0) is 45.8 Å². The Hall–Kier alpha value is -0.930. The molecule has 2 rings (SSSR count). The summed E-state index contributed by atoms with van der Waals surface area (Å²) in [7, 11) is 0. The summed E-state index contributed by atoms with van der Waals surface area (Å²) in [6, 6.07) is 5.69. The second kappa shape index (κ2) is 6.30. The van der Waals surface area contributed by atoms with E-state index in [1.54, 1.807) is 6.07 Å². The number of benzene rings is 1. The summed E-state index contributed by atoms with van der Waals surface area (Å²) in [5.41, 5.74) is 1.88. The molecule has 0 aliphatic carbocycles. The number of hydrogen-bond acceptors (Lipinski definition) is 2. The Balaban J connectivity index is 1.81. The molecule has 0 radical (unpaired) electrons. The summed E-state index contributed by atoms with van der Waals surface area (Å²) in [6.45, 7) is 8.27. The maximum absolute atomic E-state index is 13.6. The van der Waals surface area contributed by atoms with Crippen LogP contribution in [-0.2, 0) is 6.54 Å². The normalized spacial score (nSPS) is 18.2. The molecule has 1 saturated heterocycles. The Kier molecular flexibility index (Phi) is 4.72. The number of nitrogens with zero attached hydrogens (tertiary/aromatic N) is 1. The highest BCUT2D eigenvalue weighted by Gasteiger charge is 2.14. The van der Waals surface area contributed by atoms with Crippen molar-refractivity contribution in [3.63, 3.8) is 0 Å². The van der Waals surface area contributed by atoms with E-state index in [2.05, 4.69) is 17.1 Å². The highest BCUT2D eigenvalue weighted by atomic mass is 19.1. The first kappa shape index (κ1) is 13.5. The third-order valence-corrected chi connectivity index (χ3v) is 3.57. The largest absolute Gasteiger partial charge is 0.309 e. The average Bonchev–Trinajstić information content (AvgIpc) is 2.83. The maximum atomic E-state index is 13.6. The second-order valence-electron chi connectivity index (χ2n) is 5.38. The highest BCUT2D eigenvalue weighted by Crippen LogP contribution is 2.11. The van der Waals surface area contributed by atoms with Crippen LogP contribution in [0.4, 0.5) is 4.39 Å². The third kappa shape index (κ3) is 3.79. The van der Waals surface area contributed by atoms with Crippen LogP contribution in [-0.4, -0.2) is 30.6 Å². The molecule has 18 heavy (non-hydrogen) atoms. The van der Waals surface area contributed by atoms with Gasteiger partial charge in [-0.15, -0.1) is 0 Å². The molecular weight excluding hydrogens is 227 g/mol. The molecule has 1 aromatic carbocycles. The molecule has 0 bridgehead atoms. The van der Waals surface area contributed by atoms with Crippen LogP contribution in [0.3, 0.4) is 0 Å². The lowest BCUT2D eigenvalue weighted by molar-refractivity contribution is 0.297. The van der Waals surface area contributed by atoms with Crippen molar-refractivity contribution < 1.29 is 4.39 Å². The van der Waals surface area contributed by atoms with Crippen LogP contribution in [0.5, 0.6) is 0 Å². The standard InChI is InChI=1S/C15H23FN2/c1-12-5-6-15(16)14(9-12)10-17-13(2)11-18-7-3-4-8-18/h5-6,9,13,17H,3-4,7-8,10-11H2,1-2H3. The fourth-order valence-electron chi connectivity index (χ4n) is 2.54. The first-order chi connectivity index (χ1) is 8.65. The number of likely N-dealkylation sites (tertiary alicyclic amines) is 1. The van der Waals surface area contributed by atoms with Gasteiger partial charge in [-0.1, -0.05) is 17.7 Å². The predicted molar refractivity (Wildman–Crippen MR) is 73.1 cm³/mol. The monoisotopic (exact) mass is 250 g/mol. The smallest absolute Gasteiger partial charge is 0.127 e. The zero-order valence-electron chi connectivity index (χ0n) is 11.4. The number of rotatable bonds is 5. The van der Waals surface area contributed by atoms with E-state index >= 15 is 0 Å². The molecule has 1 heterocycles. The van der Waals surface area contributed by atoms with Crippen LogP contribution in [0.1, 0.15) is 30.9 Å². The molecule has 0 saturated carbocycles. The highest BCUT2D eigenvalue weighted by molar-refractivity contribution is 5.23. The van der Waals surface area contributed by atoms with E-state index in [4.69, 9.17) is 0 Å².